The van der Waals surface area contributed by atoms with Crippen molar-refractivity contribution in [3.8, 4) is 11.3 Å². The average Bonchev–Trinajstić information content (AvgIpc) is 3.52. The van der Waals surface area contributed by atoms with E-state index < -0.39 is 23.2 Å². The van der Waals surface area contributed by atoms with Crippen molar-refractivity contribution in [2.45, 2.75) is 52.3 Å². The number of benzene rings is 1. The van der Waals surface area contributed by atoms with Gasteiger partial charge >= 0.3 is 18.0 Å². The molecule has 0 radical (unpaired) electrons. The Hall–Kier alpha value is -4.29. The minimum atomic E-state index is -4.43. The molecule has 4 heterocycles. The van der Waals surface area contributed by atoms with E-state index in [0.717, 1.165) is 17.7 Å². The van der Waals surface area contributed by atoms with Crippen LogP contribution >= 0.6 is 0 Å². The lowest BCUT2D eigenvalue weighted by Gasteiger charge is -2.46. The van der Waals surface area contributed by atoms with Crippen LogP contribution in [-0.2, 0) is 6.18 Å². The Balaban J connectivity index is 1.43. The zero-order chi connectivity index (χ0) is 29.0. The number of amides is 2. The van der Waals surface area contributed by atoms with Crippen molar-refractivity contribution in [2.24, 2.45) is 0 Å². The van der Waals surface area contributed by atoms with Gasteiger partial charge in [0.15, 0.2) is 5.65 Å². The van der Waals surface area contributed by atoms with Crippen LogP contribution in [0.2, 0.25) is 0 Å². The van der Waals surface area contributed by atoms with Gasteiger partial charge < -0.3 is 14.2 Å². The fourth-order valence-corrected chi connectivity index (χ4v) is 4.86. The number of hydrogen-bond donors (Lipinski definition) is 0. The summed E-state index contributed by atoms with van der Waals surface area (Å²) in [6.07, 6.45) is -2.90. The van der Waals surface area contributed by atoms with E-state index >= 15 is 0 Å². The minimum Gasteiger partial charge on any atom is -0.417 e. The van der Waals surface area contributed by atoms with Crippen LogP contribution in [0, 0.1) is 6.92 Å². The van der Waals surface area contributed by atoms with Crippen LogP contribution in [0.5, 0.6) is 0 Å². The number of carbonyl (C=O) groups excluding carboxylic acids is 2. The van der Waals surface area contributed by atoms with Gasteiger partial charge in [-0.25, -0.2) is 9.50 Å². The second-order valence-corrected chi connectivity index (χ2v) is 10.7. The fraction of sp³-hybridized carbons (Fsp3) is 0.407. The molecule has 0 bridgehead atoms. The fourth-order valence-electron chi connectivity index (χ4n) is 4.86. The van der Waals surface area contributed by atoms with Gasteiger partial charge in [0.1, 0.15) is 5.69 Å². The van der Waals surface area contributed by atoms with E-state index in [1.165, 1.54) is 22.8 Å². The first-order valence-corrected chi connectivity index (χ1v) is 12.7. The van der Waals surface area contributed by atoms with Gasteiger partial charge in [-0.1, -0.05) is 26.0 Å². The smallest absolute Gasteiger partial charge is 0.416 e. The zero-order valence-electron chi connectivity index (χ0n) is 22.7. The first-order chi connectivity index (χ1) is 18.7. The van der Waals surface area contributed by atoms with Crippen LogP contribution in [0.1, 0.15) is 71.8 Å². The molecule has 1 fully saturated rings. The van der Waals surface area contributed by atoms with Gasteiger partial charge in [-0.2, -0.15) is 18.3 Å². The van der Waals surface area contributed by atoms with E-state index in [4.69, 9.17) is 4.42 Å². The van der Waals surface area contributed by atoms with E-state index in [1.54, 1.807) is 22.8 Å². The van der Waals surface area contributed by atoms with E-state index in [1.807, 2.05) is 27.7 Å². The molecule has 13 heteroatoms. The lowest BCUT2D eigenvalue weighted by atomic mass is 9.98. The molecule has 40 heavy (non-hydrogen) atoms. The van der Waals surface area contributed by atoms with Gasteiger partial charge in [0.05, 0.1) is 23.0 Å². The van der Waals surface area contributed by atoms with Crippen LogP contribution in [0.25, 0.3) is 16.9 Å². The third kappa shape index (κ3) is 5.03. The normalized spacial score (nSPS) is 15.7. The lowest BCUT2D eigenvalue weighted by Crippen LogP contribution is -2.62. The number of piperazine rings is 1. The summed E-state index contributed by atoms with van der Waals surface area (Å²) in [6.45, 7) is 10.0. The molecule has 1 aromatic carbocycles. The molecule has 2 amide bonds. The number of nitrogens with zero attached hydrogens (tertiary/aromatic N) is 7. The number of alkyl halides is 3. The molecule has 0 aliphatic carbocycles. The molecule has 0 N–H and O–H groups in total. The average molecular weight is 556 g/mol. The van der Waals surface area contributed by atoms with Gasteiger partial charge in [0.25, 0.3) is 5.91 Å². The molecule has 0 spiro atoms. The van der Waals surface area contributed by atoms with E-state index in [0.29, 0.717) is 22.8 Å². The molecule has 1 saturated heterocycles. The second kappa shape index (κ2) is 9.72. The van der Waals surface area contributed by atoms with Gasteiger partial charge in [0.2, 0.25) is 5.89 Å². The molecule has 0 unspecified atom stereocenters. The summed E-state index contributed by atoms with van der Waals surface area (Å²) >= 11 is 0. The molecule has 5 rings (SSSR count). The number of aromatic nitrogens is 5. The summed E-state index contributed by atoms with van der Waals surface area (Å²) in [5.41, 5.74) is 0.978. The summed E-state index contributed by atoms with van der Waals surface area (Å²) in [4.78, 5) is 34.4. The van der Waals surface area contributed by atoms with Gasteiger partial charge in [0, 0.05) is 37.7 Å². The molecule has 0 atom stereocenters. The summed E-state index contributed by atoms with van der Waals surface area (Å²) in [5.74, 6) is -0.510. The van der Waals surface area contributed by atoms with Crippen LogP contribution in [0.4, 0.5) is 13.2 Å². The Morgan fingerprint density at radius 1 is 1.05 bits per heavy atom. The zero-order valence-corrected chi connectivity index (χ0v) is 22.7. The maximum Gasteiger partial charge on any atom is 0.416 e. The number of aryl methyl sites for hydroxylation is 1. The van der Waals surface area contributed by atoms with Crippen LogP contribution in [0.15, 0.2) is 40.9 Å². The summed E-state index contributed by atoms with van der Waals surface area (Å²) in [6, 6.07) is 6.58. The number of halogens is 3. The van der Waals surface area contributed by atoms with Crippen LogP contribution in [-0.4, -0.2) is 71.6 Å². The van der Waals surface area contributed by atoms with Crippen molar-refractivity contribution in [3.63, 3.8) is 0 Å². The predicted molar refractivity (Wildman–Crippen MR) is 138 cm³/mol. The monoisotopic (exact) mass is 555 g/mol. The maximum absolute atomic E-state index is 13.7. The highest BCUT2D eigenvalue weighted by Crippen LogP contribution is 2.32. The first-order valence-electron chi connectivity index (χ1n) is 12.7. The molecule has 4 aromatic rings. The summed E-state index contributed by atoms with van der Waals surface area (Å²) < 4.78 is 45.9. The standard InChI is InChI=1S/C27H28F3N7O3/c1-15(2)19-12-20(17-6-8-18(9-7-17)27(28,29)30)34-37-13-21(31-22(19)37)24(38)36-11-10-35(14-26(36,4)5)25(39)23-33-32-16(3)40-23/h6-9,12-13,15H,10-11,14H2,1-5H3. The van der Waals surface area contributed by atoms with Crippen molar-refractivity contribution >= 4 is 17.5 Å². The van der Waals surface area contributed by atoms with Crippen LogP contribution < -0.4 is 0 Å². The van der Waals surface area contributed by atoms with Crippen molar-refractivity contribution in [2.75, 3.05) is 19.6 Å². The number of imidazole rings is 1. The Labute approximate surface area is 227 Å². The Morgan fingerprint density at radius 2 is 1.75 bits per heavy atom. The number of rotatable bonds is 4. The van der Waals surface area contributed by atoms with Gasteiger partial charge in [-0.05, 0) is 38.0 Å². The molecule has 0 saturated carbocycles. The summed E-state index contributed by atoms with van der Waals surface area (Å²) in [5, 5.41) is 12.1. The quantitative estimate of drug-likeness (QED) is 0.362. The topological polar surface area (TPSA) is 110 Å². The molecule has 210 valence electrons. The number of fused-ring (bicyclic) bond motifs is 1. The summed E-state index contributed by atoms with van der Waals surface area (Å²) in [7, 11) is 0. The molecule has 10 nitrogen and oxygen atoms in total. The highest BCUT2D eigenvalue weighted by Gasteiger charge is 2.40. The number of hydrogen-bond acceptors (Lipinski definition) is 7. The first kappa shape index (κ1) is 27.3. The third-order valence-electron chi connectivity index (χ3n) is 6.95. The maximum atomic E-state index is 13.7. The Kier molecular flexibility index (Phi) is 6.63. The Morgan fingerprint density at radius 3 is 2.33 bits per heavy atom. The largest absolute Gasteiger partial charge is 0.417 e. The molecular weight excluding hydrogens is 527 g/mol. The SMILES string of the molecule is Cc1nnc(C(=O)N2CCN(C(=O)c3cn4nc(-c5ccc(C(F)(F)F)cc5)cc(C(C)C)c4n3)C(C)(C)C2)o1. The van der Waals surface area contributed by atoms with Crippen molar-refractivity contribution in [3.05, 3.63) is 65.1 Å². The third-order valence-corrected chi connectivity index (χ3v) is 6.95. The highest BCUT2D eigenvalue weighted by molar-refractivity contribution is 5.94. The molecule has 1 aliphatic rings. The second-order valence-electron chi connectivity index (χ2n) is 10.7. The Bertz CT molecular complexity index is 1590. The molecule has 3 aromatic heterocycles. The highest BCUT2D eigenvalue weighted by atomic mass is 19.4. The van der Waals surface area contributed by atoms with Crippen molar-refractivity contribution in [1.82, 2.24) is 34.6 Å². The molecular formula is C27H28F3N7O3. The van der Waals surface area contributed by atoms with Crippen LogP contribution in [0.3, 0.4) is 0 Å². The van der Waals surface area contributed by atoms with E-state index in [-0.39, 0.29) is 43.0 Å². The van der Waals surface area contributed by atoms with E-state index in [2.05, 4.69) is 20.3 Å². The van der Waals surface area contributed by atoms with Gasteiger partial charge in [-0.3, -0.25) is 9.59 Å². The predicted octanol–water partition coefficient (Wildman–Crippen LogP) is 4.61. The van der Waals surface area contributed by atoms with E-state index in [9.17, 15) is 22.8 Å². The van der Waals surface area contributed by atoms with Gasteiger partial charge in [-0.15, -0.1) is 10.2 Å². The lowest BCUT2D eigenvalue weighted by molar-refractivity contribution is -0.137. The van der Waals surface area contributed by atoms with Crippen molar-refractivity contribution < 1.29 is 27.2 Å². The molecule has 1 aliphatic heterocycles. The number of carbonyl (C=O) groups is 2. The minimum absolute atomic E-state index is 0.00313. The van der Waals surface area contributed by atoms with Crippen molar-refractivity contribution in [1.29, 1.82) is 0 Å².